The highest BCUT2D eigenvalue weighted by molar-refractivity contribution is 5.95. The number of hydrogen-bond acceptors (Lipinski definition) is 7. The second kappa shape index (κ2) is 9.51. The normalized spacial score (nSPS) is 18.0. The number of aromatic nitrogens is 4. The summed E-state index contributed by atoms with van der Waals surface area (Å²) in [5, 5.41) is 17.7. The largest absolute Gasteiger partial charge is 0.419 e. The van der Waals surface area contributed by atoms with E-state index in [1.165, 1.54) is 17.1 Å². The van der Waals surface area contributed by atoms with Crippen LogP contribution < -0.4 is 10.2 Å². The maximum Gasteiger partial charge on any atom is 0.419 e. The third kappa shape index (κ3) is 5.19. The Labute approximate surface area is 204 Å². The van der Waals surface area contributed by atoms with Crippen LogP contribution in [0, 0.1) is 0 Å². The van der Waals surface area contributed by atoms with E-state index in [-0.39, 0.29) is 36.3 Å². The van der Waals surface area contributed by atoms with Gasteiger partial charge in [0.25, 0.3) is 5.91 Å². The van der Waals surface area contributed by atoms with E-state index >= 15 is 0 Å². The van der Waals surface area contributed by atoms with Crippen LogP contribution in [0.5, 0.6) is 0 Å². The van der Waals surface area contributed by atoms with Gasteiger partial charge in [-0.1, -0.05) is 12.8 Å². The molecule has 2 fully saturated rings. The zero-order valence-electron chi connectivity index (χ0n) is 19.3. The zero-order valence-corrected chi connectivity index (χ0v) is 19.3. The molecule has 190 valence electrons. The Hall–Kier alpha value is -3.51. The predicted molar refractivity (Wildman–Crippen MR) is 125 cm³/mol. The third-order valence-electron chi connectivity index (χ3n) is 6.41. The van der Waals surface area contributed by atoms with Crippen molar-refractivity contribution in [1.29, 1.82) is 0 Å². The molecule has 3 heterocycles. The Morgan fingerprint density at radius 1 is 1.14 bits per heavy atom. The van der Waals surface area contributed by atoms with Crippen LogP contribution in [0.15, 0.2) is 42.9 Å². The maximum atomic E-state index is 13.7. The van der Waals surface area contributed by atoms with Gasteiger partial charge in [0, 0.05) is 35.9 Å². The quantitative estimate of drug-likeness (QED) is 0.529. The number of benzene rings is 1. The summed E-state index contributed by atoms with van der Waals surface area (Å²) < 4.78 is 47.8. The van der Waals surface area contributed by atoms with E-state index in [1.807, 2.05) is 0 Å². The molecule has 1 saturated heterocycles. The molecule has 1 aliphatic heterocycles. The summed E-state index contributed by atoms with van der Waals surface area (Å²) in [5.74, 6) is -0.159. The second-order valence-electron chi connectivity index (χ2n) is 9.08. The van der Waals surface area contributed by atoms with Crippen LogP contribution in [-0.2, 0) is 22.3 Å². The van der Waals surface area contributed by atoms with E-state index < -0.39 is 17.3 Å². The first kappa shape index (κ1) is 24.2. The molecule has 2 N–H and O–H groups in total. The van der Waals surface area contributed by atoms with E-state index in [0.717, 1.165) is 19.0 Å². The summed E-state index contributed by atoms with van der Waals surface area (Å²) >= 11 is 0. The lowest BCUT2D eigenvalue weighted by Crippen LogP contribution is -2.41. The lowest BCUT2D eigenvalue weighted by Gasteiger charge is -2.26. The Morgan fingerprint density at radius 2 is 1.89 bits per heavy atom. The monoisotopic (exact) mass is 502 g/mol. The van der Waals surface area contributed by atoms with Gasteiger partial charge in [0.2, 0.25) is 5.95 Å². The number of nitrogens with one attached hydrogen (secondary N) is 1. The number of rotatable bonds is 6. The van der Waals surface area contributed by atoms with Gasteiger partial charge in [-0.3, -0.25) is 9.48 Å². The molecule has 0 atom stereocenters. The van der Waals surface area contributed by atoms with Gasteiger partial charge in [-0.15, -0.1) is 0 Å². The second-order valence-corrected chi connectivity index (χ2v) is 9.08. The highest BCUT2D eigenvalue weighted by Gasteiger charge is 2.36. The summed E-state index contributed by atoms with van der Waals surface area (Å²) in [6, 6.07) is 6.85. The molecule has 1 aliphatic carbocycles. The number of hydrogen-bond donors (Lipinski definition) is 2. The lowest BCUT2D eigenvalue weighted by atomic mass is 10.0. The Bertz CT molecular complexity index is 1240. The van der Waals surface area contributed by atoms with Gasteiger partial charge in [0.05, 0.1) is 30.6 Å². The molecule has 1 amide bonds. The van der Waals surface area contributed by atoms with Crippen molar-refractivity contribution < 1.29 is 27.8 Å². The van der Waals surface area contributed by atoms with Gasteiger partial charge in [0.1, 0.15) is 12.2 Å². The standard InChI is InChI=1S/C24H25F3N6O3/c25-24(26,27)19-12-28-22(30-17-3-5-18(6-4-17)33-9-10-36-14-20(33)34)31-21(19)16-11-29-32(13-16)15-23(35)7-1-2-8-23/h3-6,11-13,35H,1-2,7-10,14-15H2,(H,28,30,31). The van der Waals surface area contributed by atoms with Crippen molar-refractivity contribution in [3.8, 4) is 11.3 Å². The van der Waals surface area contributed by atoms with E-state index in [4.69, 9.17) is 4.74 Å². The zero-order chi connectivity index (χ0) is 25.3. The van der Waals surface area contributed by atoms with E-state index in [1.54, 1.807) is 29.2 Å². The summed E-state index contributed by atoms with van der Waals surface area (Å²) in [5.41, 5.74) is -0.764. The summed E-state index contributed by atoms with van der Waals surface area (Å²) in [4.78, 5) is 21.6. The number of anilines is 3. The van der Waals surface area contributed by atoms with Crippen molar-refractivity contribution in [1.82, 2.24) is 19.7 Å². The first-order valence-corrected chi connectivity index (χ1v) is 11.6. The highest BCUT2D eigenvalue weighted by atomic mass is 19.4. The van der Waals surface area contributed by atoms with Crippen LogP contribution in [0.25, 0.3) is 11.3 Å². The van der Waals surface area contributed by atoms with Crippen LogP contribution in [0.1, 0.15) is 31.2 Å². The molecule has 0 radical (unpaired) electrons. The van der Waals surface area contributed by atoms with Gasteiger partial charge in [-0.2, -0.15) is 18.3 Å². The number of nitrogens with zero attached hydrogens (tertiary/aromatic N) is 5. The Morgan fingerprint density at radius 3 is 2.58 bits per heavy atom. The van der Waals surface area contributed by atoms with Gasteiger partial charge >= 0.3 is 6.18 Å². The smallest absolute Gasteiger partial charge is 0.388 e. The number of halogens is 3. The molecule has 12 heteroatoms. The molecule has 0 bridgehead atoms. The van der Waals surface area contributed by atoms with Crippen molar-refractivity contribution in [2.24, 2.45) is 0 Å². The summed E-state index contributed by atoms with van der Waals surface area (Å²) in [6.07, 6.45) is 1.95. The van der Waals surface area contributed by atoms with Gasteiger partial charge in [0.15, 0.2) is 0 Å². The van der Waals surface area contributed by atoms with E-state index in [9.17, 15) is 23.1 Å². The molecule has 9 nitrogen and oxygen atoms in total. The number of alkyl halides is 3. The molecule has 1 saturated carbocycles. The minimum atomic E-state index is -4.66. The first-order chi connectivity index (χ1) is 17.2. The van der Waals surface area contributed by atoms with Crippen LogP contribution in [0.2, 0.25) is 0 Å². The third-order valence-corrected chi connectivity index (χ3v) is 6.41. The van der Waals surface area contributed by atoms with Gasteiger partial charge in [-0.05, 0) is 37.1 Å². The Balaban J connectivity index is 1.38. The average Bonchev–Trinajstić information content (AvgIpc) is 3.48. The van der Waals surface area contributed by atoms with Crippen molar-refractivity contribution in [3.05, 3.63) is 48.4 Å². The van der Waals surface area contributed by atoms with Gasteiger partial charge in [-0.25, -0.2) is 9.97 Å². The SMILES string of the molecule is O=C1COCCN1c1ccc(Nc2ncc(C(F)(F)F)c(-c3cnn(CC4(O)CCCC4)c3)n2)cc1. The summed E-state index contributed by atoms with van der Waals surface area (Å²) in [7, 11) is 0. The minimum absolute atomic E-state index is 0.0182. The number of carbonyl (C=O) groups excluding carboxylic acids is 1. The number of carbonyl (C=O) groups is 1. The van der Waals surface area contributed by atoms with Crippen molar-refractivity contribution in [3.63, 3.8) is 0 Å². The molecule has 3 aromatic rings. The average molecular weight is 502 g/mol. The van der Waals surface area contributed by atoms with E-state index in [0.29, 0.717) is 37.4 Å². The van der Waals surface area contributed by atoms with Crippen LogP contribution in [0.3, 0.4) is 0 Å². The highest BCUT2D eigenvalue weighted by Crippen LogP contribution is 2.37. The van der Waals surface area contributed by atoms with Crippen LogP contribution >= 0.6 is 0 Å². The Kier molecular flexibility index (Phi) is 6.39. The molecule has 0 unspecified atom stereocenters. The number of morpholine rings is 1. The number of aliphatic hydroxyl groups is 1. The predicted octanol–water partition coefficient (Wildman–Crippen LogP) is 3.77. The van der Waals surface area contributed by atoms with Crippen LogP contribution in [0.4, 0.5) is 30.5 Å². The lowest BCUT2D eigenvalue weighted by molar-refractivity contribution is -0.137. The molecule has 36 heavy (non-hydrogen) atoms. The molecular formula is C24H25F3N6O3. The molecular weight excluding hydrogens is 477 g/mol. The molecule has 0 spiro atoms. The summed E-state index contributed by atoms with van der Waals surface area (Å²) in [6.45, 7) is 1.13. The van der Waals surface area contributed by atoms with Crippen molar-refractivity contribution in [2.75, 3.05) is 30.0 Å². The minimum Gasteiger partial charge on any atom is -0.388 e. The number of amides is 1. The first-order valence-electron chi connectivity index (χ1n) is 11.6. The molecule has 2 aromatic heterocycles. The fraction of sp³-hybridized carbons (Fsp3) is 0.417. The topological polar surface area (TPSA) is 105 Å². The van der Waals surface area contributed by atoms with E-state index in [2.05, 4.69) is 20.4 Å². The fourth-order valence-electron chi connectivity index (χ4n) is 4.58. The molecule has 2 aliphatic rings. The van der Waals surface area contributed by atoms with Crippen LogP contribution in [-0.4, -0.2) is 56.1 Å². The maximum absolute atomic E-state index is 13.7. The fourth-order valence-corrected chi connectivity index (χ4v) is 4.58. The van der Waals surface area contributed by atoms with Gasteiger partial charge < -0.3 is 20.1 Å². The van der Waals surface area contributed by atoms with Crippen molar-refractivity contribution >= 4 is 23.2 Å². The number of ether oxygens (including phenoxy) is 1. The molecule has 5 rings (SSSR count). The molecule has 1 aromatic carbocycles. The van der Waals surface area contributed by atoms with Crippen molar-refractivity contribution in [2.45, 2.75) is 44.0 Å².